The molecule has 3 rings (SSSR count). The Morgan fingerprint density at radius 1 is 1.24 bits per heavy atom. The summed E-state index contributed by atoms with van der Waals surface area (Å²) in [6.07, 6.45) is 3.35. The number of aromatic nitrogens is 1. The van der Waals surface area contributed by atoms with Crippen molar-refractivity contribution in [3.05, 3.63) is 36.5 Å². The molecule has 21 heavy (non-hydrogen) atoms. The molecule has 110 valence electrons. The molecule has 1 aliphatic carbocycles. The molecule has 0 radical (unpaired) electrons. The first-order chi connectivity index (χ1) is 10.2. The van der Waals surface area contributed by atoms with Crippen LogP contribution in [0.5, 0.6) is 0 Å². The van der Waals surface area contributed by atoms with Crippen LogP contribution >= 0.6 is 0 Å². The van der Waals surface area contributed by atoms with Crippen LogP contribution < -0.4 is 5.32 Å². The molecule has 1 amide bonds. The molecule has 2 unspecified atom stereocenters. The summed E-state index contributed by atoms with van der Waals surface area (Å²) in [5.74, 6) is -1.79. The van der Waals surface area contributed by atoms with Crippen LogP contribution in [0.3, 0.4) is 0 Å². The molecular weight excluding hydrogens is 268 g/mol. The Labute approximate surface area is 122 Å². The normalized spacial score (nSPS) is 20.4. The number of carbonyl (C=O) groups is 2. The molecule has 1 aliphatic rings. The van der Waals surface area contributed by atoms with E-state index in [1.54, 1.807) is 0 Å². The smallest absolute Gasteiger partial charge is 0.307 e. The third-order valence-electron chi connectivity index (χ3n) is 4.00. The maximum atomic E-state index is 11.7. The molecule has 2 atom stereocenters. The van der Waals surface area contributed by atoms with E-state index in [2.05, 4.69) is 28.1 Å². The van der Waals surface area contributed by atoms with E-state index in [-0.39, 0.29) is 11.8 Å². The number of nitrogens with one attached hydrogen (secondary N) is 1. The number of carboxylic acids is 1. The van der Waals surface area contributed by atoms with E-state index in [0.29, 0.717) is 13.0 Å². The van der Waals surface area contributed by atoms with Crippen molar-refractivity contribution in [1.82, 2.24) is 9.88 Å². The van der Waals surface area contributed by atoms with Gasteiger partial charge in [-0.1, -0.05) is 18.2 Å². The SMILES string of the molecule is O=C(O)C1CC1C(=O)NCCCn1ccc2ccccc21. The molecular formula is C16H18N2O3. The van der Waals surface area contributed by atoms with Crippen LogP contribution in [0.25, 0.3) is 10.9 Å². The highest BCUT2D eigenvalue weighted by molar-refractivity contribution is 5.89. The number of aliphatic carboxylic acids is 1. The summed E-state index contributed by atoms with van der Waals surface area (Å²) >= 11 is 0. The van der Waals surface area contributed by atoms with E-state index < -0.39 is 11.9 Å². The first kappa shape index (κ1) is 13.7. The lowest BCUT2D eigenvalue weighted by Crippen LogP contribution is -2.27. The molecule has 5 heteroatoms. The third-order valence-corrected chi connectivity index (χ3v) is 4.00. The Balaban J connectivity index is 1.45. The number of benzene rings is 1. The summed E-state index contributed by atoms with van der Waals surface area (Å²) < 4.78 is 2.17. The fraction of sp³-hybridized carbons (Fsp3) is 0.375. The van der Waals surface area contributed by atoms with Crippen molar-refractivity contribution in [2.24, 2.45) is 11.8 Å². The number of carboxylic acid groups (broad SMARTS) is 1. The number of amides is 1. The van der Waals surface area contributed by atoms with Gasteiger partial charge in [-0.15, -0.1) is 0 Å². The fourth-order valence-corrected chi connectivity index (χ4v) is 2.69. The molecule has 1 heterocycles. The molecule has 0 aliphatic heterocycles. The van der Waals surface area contributed by atoms with Crippen molar-refractivity contribution in [1.29, 1.82) is 0 Å². The van der Waals surface area contributed by atoms with Crippen molar-refractivity contribution in [3.8, 4) is 0 Å². The summed E-state index contributed by atoms with van der Waals surface area (Å²) in [6, 6.07) is 10.3. The van der Waals surface area contributed by atoms with E-state index in [0.717, 1.165) is 13.0 Å². The summed E-state index contributed by atoms with van der Waals surface area (Å²) in [5, 5.41) is 12.8. The van der Waals surface area contributed by atoms with Crippen LogP contribution in [-0.2, 0) is 16.1 Å². The van der Waals surface area contributed by atoms with Crippen molar-refractivity contribution in [2.75, 3.05) is 6.54 Å². The minimum Gasteiger partial charge on any atom is -0.481 e. The highest BCUT2D eigenvalue weighted by Gasteiger charge is 2.48. The van der Waals surface area contributed by atoms with E-state index in [4.69, 9.17) is 5.11 Å². The predicted molar refractivity (Wildman–Crippen MR) is 78.8 cm³/mol. The quantitative estimate of drug-likeness (QED) is 0.796. The average molecular weight is 286 g/mol. The van der Waals surface area contributed by atoms with Gasteiger partial charge in [0.15, 0.2) is 0 Å². The number of aryl methyl sites for hydroxylation is 1. The number of rotatable bonds is 6. The lowest BCUT2D eigenvalue weighted by Gasteiger charge is -2.07. The number of hydrogen-bond acceptors (Lipinski definition) is 2. The van der Waals surface area contributed by atoms with Gasteiger partial charge in [0.2, 0.25) is 5.91 Å². The second kappa shape index (κ2) is 5.60. The van der Waals surface area contributed by atoms with Gasteiger partial charge < -0.3 is 15.0 Å². The first-order valence-corrected chi connectivity index (χ1v) is 7.21. The second-order valence-electron chi connectivity index (χ2n) is 5.50. The van der Waals surface area contributed by atoms with Crippen LogP contribution in [0.4, 0.5) is 0 Å². The van der Waals surface area contributed by atoms with Gasteiger partial charge in [-0.05, 0) is 30.4 Å². The first-order valence-electron chi connectivity index (χ1n) is 7.21. The van der Waals surface area contributed by atoms with Gasteiger partial charge in [0.1, 0.15) is 0 Å². The summed E-state index contributed by atoms with van der Waals surface area (Å²) in [4.78, 5) is 22.4. The van der Waals surface area contributed by atoms with Gasteiger partial charge in [-0.3, -0.25) is 9.59 Å². The lowest BCUT2D eigenvalue weighted by atomic mass is 10.2. The van der Waals surface area contributed by atoms with E-state index in [9.17, 15) is 9.59 Å². The molecule has 0 bridgehead atoms. The van der Waals surface area contributed by atoms with E-state index >= 15 is 0 Å². The van der Waals surface area contributed by atoms with Crippen LogP contribution in [0.15, 0.2) is 36.5 Å². The van der Waals surface area contributed by atoms with Crippen LogP contribution in [0.1, 0.15) is 12.8 Å². The topological polar surface area (TPSA) is 71.3 Å². The minimum atomic E-state index is -0.867. The van der Waals surface area contributed by atoms with Crippen molar-refractivity contribution >= 4 is 22.8 Å². The van der Waals surface area contributed by atoms with Gasteiger partial charge in [0.25, 0.3) is 0 Å². The zero-order valence-electron chi connectivity index (χ0n) is 11.7. The molecule has 1 saturated carbocycles. The zero-order chi connectivity index (χ0) is 14.8. The molecule has 0 saturated heterocycles. The summed E-state index contributed by atoms with van der Waals surface area (Å²) in [6.45, 7) is 1.41. The molecule has 1 fully saturated rings. The number of hydrogen-bond donors (Lipinski definition) is 2. The van der Waals surface area contributed by atoms with Crippen molar-refractivity contribution in [2.45, 2.75) is 19.4 Å². The minimum absolute atomic E-state index is 0.125. The molecule has 5 nitrogen and oxygen atoms in total. The number of para-hydroxylation sites is 1. The van der Waals surface area contributed by atoms with E-state index in [1.165, 1.54) is 10.9 Å². The molecule has 2 aromatic rings. The van der Waals surface area contributed by atoms with E-state index in [1.807, 2.05) is 18.3 Å². The summed E-state index contributed by atoms with van der Waals surface area (Å²) in [5.41, 5.74) is 1.19. The van der Waals surface area contributed by atoms with Crippen molar-refractivity contribution < 1.29 is 14.7 Å². The maximum Gasteiger partial charge on any atom is 0.307 e. The largest absolute Gasteiger partial charge is 0.481 e. The highest BCUT2D eigenvalue weighted by Crippen LogP contribution is 2.38. The second-order valence-corrected chi connectivity index (χ2v) is 5.50. The molecule has 1 aromatic carbocycles. The number of fused-ring (bicyclic) bond motifs is 1. The van der Waals surface area contributed by atoms with Crippen LogP contribution in [-0.4, -0.2) is 28.1 Å². The van der Waals surface area contributed by atoms with Crippen molar-refractivity contribution in [3.63, 3.8) is 0 Å². The molecule has 0 spiro atoms. The lowest BCUT2D eigenvalue weighted by molar-refractivity contribution is -0.140. The monoisotopic (exact) mass is 286 g/mol. The Hall–Kier alpha value is -2.30. The number of nitrogens with zero attached hydrogens (tertiary/aromatic N) is 1. The van der Waals surface area contributed by atoms with Gasteiger partial charge in [0.05, 0.1) is 11.8 Å². The zero-order valence-corrected chi connectivity index (χ0v) is 11.7. The van der Waals surface area contributed by atoms with Crippen LogP contribution in [0.2, 0.25) is 0 Å². The fourth-order valence-electron chi connectivity index (χ4n) is 2.69. The Bertz CT molecular complexity index is 677. The van der Waals surface area contributed by atoms with Gasteiger partial charge in [-0.2, -0.15) is 0 Å². The molecule has 1 aromatic heterocycles. The predicted octanol–water partition coefficient (Wildman–Crippen LogP) is 1.87. The Kier molecular flexibility index (Phi) is 3.64. The molecule has 2 N–H and O–H groups in total. The third kappa shape index (κ3) is 2.91. The highest BCUT2D eigenvalue weighted by atomic mass is 16.4. The Morgan fingerprint density at radius 3 is 2.81 bits per heavy atom. The number of carbonyl (C=O) groups excluding carboxylic acids is 1. The Morgan fingerprint density at radius 2 is 2.05 bits per heavy atom. The van der Waals surface area contributed by atoms with Gasteiger partial charge in [-0.25, -0.2) is 0 Å². The van der Waals surface area contributed by atoms with Gasteiger partial charge in [0, 0.05) is 24.8 Å². The van der Waals surface area contributed by atoms with Gasteiger partial charge >= 0.3 is 5.97 Å². The maximum absolute atomic E-state index is 11.7. The standard InChI is InChI=1S/C16H18N2O3/c19-15(12-10-13(12)16(20)21)17-7-3-8-18-9-6-11-4-1-2-5-14(11)18/h1-2,4-6,9,12-13H,3,7-8,10H2,(H,17,19)(H,20,21). The summed E-state index contributed by atoms with van der Waals surface area (Å²) in [7, 11) is 0. The average Bonchev–Trinajstić information content (AvgIpc) is 3.19. The van der Waals surface area contributed by atoms with Crippen LogP contribution in [0, 0.1) is 11.8 Å².